The van der Waals surface area contributed by atoms with Crippen LogP contribution in [0.1, 0.15) is 60.3 Å². The summed E-state index contributed by atoms with van der Waals surface area (Å²) in [6, 6.07) is 0.654. The van der Waals surface area contributed by atoms with Gasteiger partial charge in [-0.2, -0.15) is 0 Å². The highest BCUT2D eigenvalue weighted by atomic mass is 16.5. The van der Waals surface area contributed by atoms with Crippen LogP contribution in [0, 0.1) is 5.41 Å². The van der Waals surface area contributed by atoms with Crippen LogP contribution < -0.4 is 5.32 Å². The molecule has 1 rings (SSSR count). The molecule has 0 aromatic rings. The zero-order valence-electron chi connectivity index (χ0n) is 11.7. The summed E-state index contributed by atoms with van der Waals surface area (Å²) in [5.41, 5.74) is 0.406. The van der Waals surface area contributed by atoms with Gasteiger partial charge in [0.25, 0.3) is 0 Å². The fourth-order valence-corrected chi connectivity index (χ4v) is 2.68. The first-order valence-corrected chi connectivity index (χ1v) is 6.75. The topological polar surface area (TPSA) is 21.3 Å². The second-order valence-electron chi connectivity index (χ2n) is 6.36. The monoisotopic (exact) mass is 227 g/mol. The molecule has 0 bridgehead atoms. The molecule has 0 amide bonds. The average molecular weight is 227 g/mol. The third-order valence-corrected chi connectivity index (χ3v) is 3.82. The van der Waals surface area contributed by atoms with E-state index in [2.05, 4.69) is 39.9 Å². The summed E-state index contributed by atoms with van der Waals surface area (Å²) in [6.45, 7) is 12.9. The Labute approximate surface area is 101 Å². The molecule has 0 radical (unpaired) electrons. The predicted molar refractivity (Wildman–Crippen MR) is 69.7 cm³/mol. The molecule has 96 valence electrons. The summed E-state index contributed by atoms with van der Waals surface area (Å²) in [4.78, 5) is 0. The van der Waals surface area contributed by atoms with Gasteiger partial charge < -0.3 is 10.1 Å². The van der Waals surface area contributed by atoms with Crippen LogP contribution in [0.4, 0.5) is 0 Å². The fourth-order valence-electron chi connectivity index (χ4n) is 2.68. The minimum Gasteiger partial charge on any atom is -0.375 e. The van der Waals surface area contributed by atoms with Crippen molar-refractivity contribution < 1.29 is 4.74 Å². The zero-order chi connectivity index (χ0) is 12.2. The Morgan fingerprint density at radius 1 is 1.31 bits per heavy atom. The van der Waals surface area contributed by atoms with E-state index in [4.69, 9.17) is 4.74 Å². The van der Waals surface area contributed by atoms with E-state index in [-0.39, 0.29) is 5.60 Å². The van der Waals surface area contributed by atoms with E-state index in [1.165, 1.54) is 25.7 Å². The SMILES string of the molecule is CCOC(C)(C)CNC1CCCCC1(C)C. The van der Waals surface area contributed by atoms with E-state index >= 15 is 0 Å². The van der Waals surface area contributed by atoms with Crippen molar-refractivity contribution in [1.29, 1.82) is 0 Å². The third kappa shape index (κ3) is 4.06. The van der Waals surface area contributed by atoms with Crippen molar-refractivity contribution in [2.75, 3.05) is 13.2 Å². The lowest BCUT2D eigenvalue weighted by molar-refractivity contribution is -0.0152. The molecule has 2 heteroatoms. The van der Waals surface area contributed by atoms with Gasteiger partial charge in [0.15, 0.2) is 0 Å². The van der Waals surface area contributed by atoms with E-state index in [0.29, 0.717) is 11.5 Å². The molecule has 0 aromatic carbocycles. The van der Waals surface area contributed by atoms with Crippen molar-refractivity contribution in [2.45, 2.75) is 71.9 Å². The Bertz CT molecular complexity index is 211. The first-order valence-electron chi connectivity index (χ1n) is 6.75. The maximum Gasteiger partial charge on any atom is 0.0750 e. The average Bonchev–Trinajstić information content (AvgIpc) is 2.15. The molecule has 1 saturated carbocycles. The van der Waals surface area contributed by atoms with E-state index in [0.717, 1.165) is 13.2 Å². The standard InChI is InChI=1S/C14H29NO/c1-6-16-14(4,5)11-15-12-9-7-8-10-13(12,2)3/h12,15H,6-11H2,1-5H3. The summed E-state index contributed by atoms with van der Waals surface area (Å²) in [6.07, 6.45) is 5.42. The molecule has 0 spiro atoms. The number of hydrogen-bond acceptors (Lipinski definition) is 2. The molecular weight excluding hydrogens is 198 g/mol. The molecular formula is C14H29NO. The molecule has 1 aliphatic rings. The minimum atomic E-state index is -0.0394. The summed E-state index contributed by atoms with van der Waals surface area (Å²) in [7, 11) is 0. The Balaban J connectivity index is 2.41. The molecule has 1 unspecified atom stereocenters. The zero-order valence-corrected chi connectivity index (χ0v) is 11.7. The molecule has 0 saturated heterocycles. The number of ether oxygens (including phenoxy) is 1. The second-order valence-corrected chi connectivity index (χ2v) is 6.36. The first-order chi connectivity index (χ1) is 7.37. The first kappa shape index (κ1) is 14.0. The van der Waals surface area contributed by atoms with Crippen LogP contribution >= 0.6 is 0 Å². The number of nitrogens with one attached hydrogen (secondary N) is 1. The minimum absolute atomic E-state index is 0.0394. The lowest BCUT2D eigenvalue weighted by Crippen LogP contribution is -2.49. The quantitative estimate of drug-likeness (QED) is 0.777. The maximum absolute atomic E-state index is 5.73. The van der Waals surface area contributed by atoms with Crippen LogP contribution in [0.15, 0.2) is 0 Å². The van der Waals surface area contributed by atoms with Gasteiger partial charge in [-0.25, -0.2) is 0 Å². The van der Waals surface area contributed by atoms with Gasteiger partial charge in [0.05, 0.1) is 5.60 Å². The summed E-state index contributed by atoms with van der Waals surface area (Å²) >= 11 is 0. The maximum atomic E-state index is 5.73. The van der Waals surface area contributed by atoms with Gasteiger partial charge >= 0.3 is 0 Å². The van der Waals surface area contributed by atoms with Crippen molar-refractivity contribution in [1.82, 2.24) is 5.32 Å². The predicted octanol–water partition coefficient (Wildman–Crippen LogP) is 3.36. The summed E-state index contributed by atoms with van der Waals surface area (Å²) in [5, 5.41) is 3.71. The van der Waals surface area contributed by atoms with Gasteiger partial charge in [0, 0.05) is 19.2 Å². The van der Waals surface area contributed by atoms with Gasteiger partial charge in [-0.05, 0) is 39.0 Å². The van der Waals surface area contributed by atoms with Crippen LogP contribution in [0.25, 0.3) is 0 Å². The molecule has 1 N–H and O–H groups in total. The summed E-state index contributed by atoms with van der Waals surface area (Å²) in [5.74, 6) is 0. The van der Waals surface area contributed by atoms with Crippen LogP contribution in [0.5, 0.6) is 0 Å². The van der Waals surface area contributed by atoms with Gasteiger partial charge in [0.1, 0.15) is 0 Å². The molecule has 0 heterocycles. The van der Waals surface area contributed by atoms with Crippen molar-refractivity contribution in [2.24, 2.45) is 5.41 Å². The van der Waals surface area contributed by atoms with Crippen LogP contribution in [0.3, 0.4) is 0 Å². The van der Waals surface area contributed by atoms with Crippen molar-refractivity contribution in [3.05, 3.63) is 0 Å². The molecule has 1 atom stereocenters. The smallest absolute Gasteiger partial charge is 0.0750 e. The molecule has 0 aromatic heterocycles. The van der Waals surface area contributed by atoms with Gasteiger partial charge in [-0.3, -0.25) is 0 Å². The molecule has 0 aliphatic heterocycles. The van der Waals surface area contributed by atoms with Crippen LogP contribution in [0.2, 0.25) is 0 Å². The van der Waals surface area contributed by atoms with Crippen molar-refractivity contribution >= 4 is 0 Å². The Kier molecular flexibility index (Phi) is 4.81. The molecule has 2 nitrogen and oxygen atoms in total. The lowest BCUT2D eigenvalue weighted by Gasteiger charge is -2.41. The van der Waals surface area contributed by atoms with E-state index in [1.54, 1.807) is 0 Å². The lowest BCUT2D eigenvalue weighted by atomic mass is 9.73. The number of rotatable bonds is 5. The van der Waals surface area contributed by atoms with Crippen molar-refractivity contribution in [3.63, 3.8) is 0 Å². The molecule has 16 heavy (non-hydrogen) atoms. The van der Waals surface area contributed by atoms with Crippen molar-refractivity contribution in [3.8, 4) is 0 Å². The third-order valence-electron chi connectivity index (χ3n) is 3.82. The highest BCUT2D eigenvalue weighted by Crippen LogP contribution is 2.35. The van der Waals surface area contributed by atoms with Gasteiger partial charge in [-0.1, -0.05) is 26.7 Å². The van der Waals surface area contributed by atoms with Crippen LogP contribution in [-0.2, 0) is 4.74 Å². The Morgan fingerprint density at radius 3 is 2.56 bits per heavy atom. The normalized spacial score (nSPS) is 25.7. The molecule has 1 fully saturated rings. The van der Waals surface area contributed by atoms with Gasteiger partial charge in [0.2, 0.25) is 0 Å². The van der Waals surface area contributed by atoms with Crippen LogP contribution in [-0.4, -0.2) is 24.8 Å². The Hall–Kier alpha value is -0.0800. The van der Waals surface area contributed by atoms with E-state index in [1.807, 2.05) is 0 Å². The highest BCUT2D eigenvalue weighted by Gasteiger charge is 2.33. The highest BCUT2D eigenvalue weighted by molar-refractivity contribution is 4.89. The van der Waals surface area contributed by atoms with E-state index in [9.17, 15) is 0 Å². The second kappa shape index (κ2) is 5.50. The van der Waals surface area contributed by atoms with E-state index < -0.39 is 0 Å². The summed E-state index contributed by atoms with van der Waals surface area (Å²) < 4.78 is 5.73. The fraction of sp³-hybridized carbons (Fsp3) is 1.00. The number of hydrogen-bond donors (Lipinski definition) is 1. The largest absolute Gasteiger partial charge is 0.375 e. The van der Waals surface area contributed by atoms with Gasteiger partial charge in [-0.15, -0.1) is 0 Å². The Morgan fingerprint density at radius 2 is 2.00 bits per heavy atom. The molecule has 1 aliphatic carbocycles.